The van der Waals surface area contributed by atoms with E-state index in [0.29, 0.717) is 0 Å². The maximum atomic E-state index is 6.69. The van der Waals surface area contributed by atoms with Gasteiger partial charge in [0.05, 0.1) is 0 Å². The predicted octanol–water partition coefficient (Wildman–Crippen LogP) is 16.1. The number of fused-ring (bicyclic) bond motifs is 7. The topological polar surface area (TPSA) is 16.4 Å². The Balaban J connectivity index is 1.04. The summed E-state index contributed by atoms with van der Waals surface area (Å²) in [7, 11) is 0. The van der Waals surface area contributed by atoms with Gasteiger partial charge in [-0.1, -0.05) is 146 Å². The molecule has 0 aliphatic carbocycles. The number of hydrogen-bond acceptors (Lipinski definition) is 3. The molecule has 0 amide bonds. The average Bonchev–Trinajstić information content (AvgIpc) is 3.85. The van der Waals surface area contributed by atoms with Gasteiger partial charge in [-0.25, -0.2) is 0 Å². The Morgan fingerprint density at radius 2 is 0.772 bits per heavy atom. The normalized spacial score (nSPS) is 11.5. The van der Waals surface area contributed by atoms with Gasteiger partial charge < -0.3 is 9.32 Å². The lowest BCUT2D eigenvalue weighted by Crippen LogP contribution is -2.09. The summed E-state index contributed by atoms with van der Waals surface area (Å²) in [6, 6.07) is 76.2. The molecule has 2 heterocycles. The summed E-state index contributed by atoms with van der Waals surface area (Å²) in [6.45, 7) is 0. The number of nitrogens with zero attached hydrogens (tertiary/aromatic N) is 1. The minimum absolute atomic E-state index is 0.894. The number of thiophene rings is 1. The van der Waals surface area contributed by atoms with Gasteiger partial charge in [0.2, 0.25) is 0 Å². The Morgan fingerprint density at radius 1 is 0.316 bits per heavy atom. The molecule has 0 unspecified atom stereocenters. The van der Waals surface area contributed by atoms with Crippen molar-refractivity contribution in [2.45, 2.75) is 0 Å². The lowest BCUT2D eigenvalue weighted by Gasteiger charge is -2.26. The van der Waals surface area contributed by atoms with E-state index in [9.17, 15) is 0 Å². The van der Waals surface area contributed by atoms with E-state index in [1.807, 2.05) is 11.3 Å². The highest BCUT2D eigenvalue weighted by molar-refractivity contribution is 7.26. The third-order valence-electron chi connectivity index (χ3n) is 11.1. The van der Waals surface area contributed by atoms with Crippen LogP contribution >= 0.6 is 11.3 Å². The number of anilines is 3. The Labute approximate surface area is 335 Å². The molecule has 57 heavy (non-hydrogen) atoms. The molecular formula is C54H35NOS. The van der Waals surface area contributed by atoms with Gasteiger partial charge in [-0.2, -0.15) is 0 Å². The van der Waals surface area contributed by atoms with Crippen LogP contribution in [-0.2, 0) is 0 Å². The molecule has 2 aromatic heterocycles. The van der Waals surface area contributed by atoms with Crippen LogP contribution in [0.5, 0.6) is 0 Å². The summed E-state index contributed by atoms with van der Waals surface area (Å²) in [4.78, 5) is 2.34. The Hall–Kier alpha value is -7.20. The number of hydrogen-bond donors (Lipinski definition) is 0. The molecule has 11 rings (SSSR count). The second-order valence-corrected chi connectivity index (χ2v) is 15.6. The third kappa shape index (κ3) is 5.88. The number of furan rings is 1. The van der Waals surface area contributed by atoms with E-state index in [1.165, 1.54) is 58.9 Å². The van der Waals surface area contributed by atoms with Gasteiger partial charge in [-0.05, 0) is 111 Å². The SMILES string of the molecule is c1ccc(-c2ccc(N(c3ccc(-c4ccccc4)cc3)c3ccc(-c4cc5oc6ccc7sc8ccccc8c7c6c5cc4-c4ccccc4)cc3)cc2)cc1. The number of benzene rings is 9. The first kappa shape index (κ1) is 33.2. The van der Waals surface area contributed by atoms with Crippen molar-refractivity contribution < 1.29 is 4.42 Å². The van der Waals surface area contributed by atoms with E-state index in [4.69, 9.17) is 4.42 Å². The van der Waals surface area contributed by atoms with Gasteiger partial charge >= 0.3 is 0 Å². The van der Waals surface area contributed by atoms with Gasteiger partial charge in [0.25, 0.3) is 0 Å². The molecule has 0 fully saturated rings. The van der Waals surface area contributed by atoms with E-state index in [1.54, 1.807) is 0 Å². The number of rotatable bonds is 7. The van der Waals surface area contributed by atoms with Crippen LogP contribution in [0, 0.1) is 0 Å². The van der Waals surface area contributed by atoms with Crippen LogP contribution in [0.1, 0.15) is 0 Å². The maximum absolute atomic E-state index is 6.69. The smallest absolute Gasteiger partial charge is 0.136 e. The lowest BCUT2D eigenvalue weighted by molar-refractivity contribution is 0.669. The van der Waals surface area contributed by atoms with E-state index < -0.39 is 0 Å². The van der Waals surface area contributed by atoms with Crippen LogP contribution in [-0.4, -0.2) is 0 Å². The molecular weight excluding hydrogens is 711 g/mol. The summed E-state index contributed by atoms with van der Waals surface area (Å²) in [5.41, 5.74) is 14.5. The Bertz CT molecular complexity index is 3100. The zero-order valence-corrected chi connectivity index (χ0v) is 31.8. The second kappa shape index (κ2) is 13.8. The van der Waals surface area contributed by atoms with Crippen LogP contribution in [0.15, 0.2) is 217 Å². The van der Waals surface area contributed by atoms with E-state index in [2.05, 4.69) is 217 Å². The van der Waals surface area contributed by atoms with Gasteiger partial charge in [0.1, 0.15) is 11.2 Å². The standard InChI is InChI=1S/C54H35NOS/c1-4-12-36(13-5-1)38-20-26-42(27-21-38)55(43-28-22-39(23-29-43)37-14-6-2-7-15-37)44-30-24-41(25-31-44)47-35-50-48(34-46(47)40-16-8-3-9-17-40)53-49(56-50)32-33-52-54(53)45-18-10-11-19-51(45)57-52/h1-35H. The van der Waals surface area contributed by atoms with E-state index in [-0.39, 0.29) is 0 Å². The molecule has 3 heteroatoms. The first-order valence-electron chi connectivity index (χ1n) is 19.3. The van der Waals surface area contributed by atoms with Crippen molar-refractivity contribution in [2.24, 2.45) is 0 Å². The average molecular weight is 746 g/mol. The van der Waals surface area contributed by atoms with Crippen molar-refractivity contribution in [3.8, 4) is 44.5 Å². The molecule has 0 radical (unpaired) electrons. The molecule has 268 valence electrons. The Morgan fingerprint density at radius 3 is 1.35 bits per heavy atom. The van der Waals surface area contributed by atoms with Crippen molar-refractivity contribution in [2.75, 3.05) is 4.90 Å². The summed E-state index contributed by atoms with van der Waals surface area (Å²) in [5, 5.41) is 4.88. The molecule has 0 atom stereocenters. The predicted molar refractivity (Wildman–Crippen MR) is 243 cm³/mol. The zero-order chi connectivity index (χ0) is 37.7. The third-order valence-corrected chi connectivity index (χ3v) is 12.2. The highest BCUT2D eigenvalue weighted by atomic mass is 32.1. The summed E-state index contributed by atoms with van der Waals surface area (Å²) >= 11 is 1.84. The fourth-order valence-electron chi connectivity index (χ4n) is 8.33. The summed E-state index contributed by atoms with van der Waals surface area (Å²) < 4.78 is 9.26. The van der Waals surface area contributed by atoms with Crippen LogP contribution in [0.2, 0.25) is 0 Å². The van der Waals surface area contributed by atoms with Crippen molar-refractivity contribution >= 4 is 70.5 Å². The van der Waals surface area contributed by atoms with Gasteiger partial charge in [-0.15, -0.1) is 11.3 Å². The van der Waals surface area contributed by atoms with Crippen molar-refractivity contribution in [1.82, 2.24) is 0 Å². The van der Waals surface area contributed by atoms with E-state index in [0.717, 1.165) is 44.7 Å². The minimum Gasteiger partial charge on any atom is -0.456 e. The molecule has 0 aliphatic rings. The first-order chi connectivity index (χ1) is 28.2. The van der Waals surface area contributed by atoms with Crippen LogP contribution in [0.4, 0.5) is 17.1 Å². The van der Waals surface area contributed by atoms with Crippen molar-refractivity contribution in [1.29, 1.82) is 0 Å². The zero-order valence-electron chi connectivity index (χ0n) is 31.0. The fraction of sp³-hybridized carbons (Fsp3) is 0. The largest absolute Gasteiger partial charge is 0.456 e. The highest BCUT2D eigenvalue weighted by Gasteiger charge is 2.20. The van der Waals surface area contributed by atoms with Crippen LogP contribution < -0.4 is 4.90 Å². The summed E-state index contributed by atoms with van der Waals surface area (Å²) in [5.74, 6) is 0. The van der Waals surface area contributed by atoms with Gasteiger partial charge in [0, 0.05) is 48.0 Å². The quantitative estimate of drug-likeness (QED) is 0.162. The van der Waals surface area contributed by atoms with Crippen molar-refractivity contribution in [3.63, 3.8) is 0 Å². The highest BCUT2D eigenvalue weighted by Crippen LogP contribution is 2.46. The van der Waals surface area contributed by atoms with Crippen LogP contribution in [0.25, 0.3) is 86.6 Å². The van der Waals surface area contributed by atoms with Crippen molar-refractivity contribution in [3.05, 3.63) is 212 Å². The molecule has 0 N–H and O–H groups in total. The fourth-order valence-corrected chi connectivity index (χ4v) is 9.44. The first-order valence-corrected chi connectivity index (χ1v) is 20.1. The Kier molecular flexibility index (Phi) is 8.04. The molecule has 0 spiro atoms. The minimum atomic E-state index is 0.894. The lowest BCUT2D eigenvalue weighted by atomic mass is 9.92. The monoisotopic (exact) mass is 745 g/mol. The molecule has 2 nitrogen and oxygen atoms in total. The maximum Gasteiger partial charge on any atom is 0.136 e. The molecule has 0 bridgehead atoms. The summed E-state index contributed by atoms with van der Waals surface area (Å²) in [6.07, 6.45) is 0. The molecule has 0 saturated carbocycles. The van der Waals surface area contributed by atoms with Gasteiger partial charge in [0.15, 0.2) is 0 Å². The molecule has 11 aromatic rings. The van der Waals surface area contributed by atoms with E-state index >= 15 is 0 Å². The molecule has 9 aromatic carbocycles. The van der Waals surface area contributed by atoms with Gasteiger partial charge in [-0.3, -0.25) is 0 Å². The molecule has 0 saturated heterocycles. The second-order valence-electron chi connectivity index (χ2n) is 14.5. The molecule has 0 aliphatic heterocycles. The van der Waals surface area contributed by atoms with Crippen LogP contribution in [0.3, 0.4) is 0 Å².